The van der Waals surface area contributed by atoms with Gasteiger partial charge in [-0.2, -0.15) is 0 Å². The zero-order chi connectivity index (χ0) is 26.9. The lowest BCUT2D eigenvalue weighted by atomic mass is 9.95. The predicted molar refractivity (Wildman–Crippen MR) is 143 cm³/mol. The third-order valence-electron chi connectivity index (χ3n) is 6.49. The number of allylic oxidation sites excluding steroid dienone is 2. The molecule has 1 aliphatic heterocycles. The Morgan fingerprint density at radius 3 is 2.62 bits per heavy atom. The third kappa shape index (κ3) is 10.9. The Morgan fingerprint density at radius 2 is 1.92 bits per heavy atom. The van der Waals surface area contributed by atoms with Crippen LogP contribution < -0.4 is 5.32 Å². The smallest absolute Gasteiger partial charge is 0.309 e. The Labute approximate surface area is 220 Å². The maximum atomic E-state index is 13.4. The van der Waals surface area contributed by atoms with Gasteiger partial charge < -0.3 is 24.8 Å². The molecule has 3 unspecified atom stereocenters. The van der Waals surface area contributed by atoms with E-state index in [-0.39, 0.29) is 56.0 Å². The minimum absolute atomic E-state index is 0.0502. The molecule has 2 amide bonds. The summed E-state index contributed by atoms with van der Waals surface area (Å²) in [4.78, 5) is 40.5. The fourth-order valence-electron chi connectivity index (χ4n) is 4.55. The van der Waals surface area contributed by atoms with Crippen LogP contribution in [0.25, 0.3) is 0 Å². The molecule has 1 heterocycles. The first-order valence-electron chi connectivity index (χ1n) is 13.2. The number of hydrogen-bond acceptors (Lipinski definition) is 6. The fraction of sp³-hybridized carbons (Fsp3) is 0.552. The summed E-state index contributed by atoms with van der Waals surface area (Å²) >= 11 is 0. The summed E-state index contributed by atoms with van der Waals surface area (Å²) in [5.41, 5.74) is 1.08. The van der Waals surface area contributed by atoms with E-state index >= 15 is 0 Å². The van der Waals surface area contributed by atoms with Gasteiger partial charge >= 0.3 is 5.97 Å². The molecule has 8 nitrogen and oxygen atoms in total. The zero-order valence-electron chi connectivity index (χ0n) is 21.8. The summed E-state index contributed by atoms with van der Waals surface area (Å²) in [5.74, 6) is -1.40. The van der Waals surface area contributed by atoms with Crippen LogP contribution in [0.3, 0.4) is 0 Å². The van der Waals surface area contributed by atoms with E-state index in [9.17, 15) is 14.4 Å². The molecule has 204 valence electrons. The van der Waals surface area contributed by atoms with Crippen molar-refractivity contribution >= 4 is 17.8 Å². The number of rotatable bonds is 18. The number of benzene rings is 1. The van der Waals surface area contributed by atoms with Crippen molar-refractivity contribution in [3.05, 3.63) is 61.2 Å². The first kappa shape index (κ1) is 30.3. The van der Waals surface area contributed by atoms with E-state index in [4.69, 9.17) is 14.6 Å². The molecular weight excluding hydrogens is 472 g/mol. The minimum atomic E-state index is -0.523. The van der Waals surface area contributed by atoms with Crippen LogP contribution in [0.4, 0.5) is 0 Å². The quantitative estimate of drug-likeness (QED) is 0.177. The van der Waals surface area contributed by atoms with Gasteiger partial charge in [-0.15, -0.1) is 13.2 Å². The van der Waals surface area contributed by atoms with Gasteiger partial charge in [0.1, 0.15) is 6.61 Å². The number of aliphatic hydroxyl groups excluding tert-OH is 1. The fourth-order valence-corrected chi connectivity index (χ4v) is 4.55. The van der Waals surface area contributed by atoms with Crippen LogP contribution >= 0.6 is 0 Å². The van der Waals surface area contributed by atoms with E-state index in [1.807, 2.05) is 30.3 Å². The number of esters is 1. The van der Waals surface area contributed by atoms with Crippen molar-refractivity contribution < 1.29 is 29.0 Å². The van der Waals surface area contributed by atoms with Gasteiger partial charge in [-0.3, -0.25) is 14.4 Å². The number of carbonyl (C=O) groups is 3. The van der Waals surface area contributed by atoms with E-state index in [1.165, 1.54) is 0 Å². The largest absolute Gasteiger partial charge is 0.463 e. The highest BCUT2D eigenvalue weighted by Crippen LogP contribution is 2.24. The van der Waals surface area contributed by atoms with Crippen molar-refractivity contribution in [1.82, 2.24) is 10.2 Å². The normalized spacial score (nSPS) is 16.6. The molecule has 0 spiro atoms. The monoisotopic (exact) mass is 514 g/mol. The number of hydrogen-bond donors (Lipinski definition) is 2. The molecular formula is C29H42N2O6. The average molecular weight is 515 g/mol. The zero-order valence-corrected chi connectivity index (χ0v) is 21.8. The number of likely N-dealkylation sites (tertiary alicyclic amines) is 1. The molecule has 8 heteroatoms. The van der Waals surface area contributed by atoms with Gasteiger partial charge in [0.15, 0.2) is 0 Å². The van der Waals surface area contributed by atoms with Crippen molar-refractivity contribution in [2.45, 2.75) is 51.0 Å². The standard InChI is InChI=1S/C29H42N2O6/c1-3-5-13-25(20-23-11-7-6-8-12-23)29(35)37-22-26-14-9-16-31(26)28(34)24(10-4-2)21-27(33)30-15-18-36-19-17-32/h3-4,6-8,11-12,24-26,32H,1-2,5,9-10,13-22H2,(H,30,33). The molecule has 0 bridgehead atoms. The topological polar surface area (TPSA) is 105 Å². The van der Waals surface area contributed by atoms with Crippen molar-refractivity contribution in [1.29, 1.82) is 0 Å². The molecule has 0 aromatic heterocycles. The van der Waals surface area contributed by atoms with E-state index in [0.717, 1.165) is 24.8 Å². The number of amides is 2. The second-order valence-electron chi connectivity index (χ2n) is 9.32. The second-order valence-corrected chi connectivity index (χ2v) is 9.32. The molecule has 0 radical (unpaired) electrons. The van der Waals surface area contributed by atoms with Crippen LogP contribution in [0.5, 0.6) is 0 Å². The highest BCUT2D eigenvalue weighted by atomic mass is 16.5. The first-order chi connectivity index (χ1) is 18.0. The number of nitrogens with one attached hydrogen (secondary N) is 1. The highest BCUT2D eigenvalue weighted by molar-refractivity contribution is 5.86. The summed E-state index contributed by atoms with van der Waals surface area (Å²) in [5, 5.41) is 11.5. The van der Waals surface area contributed by atoms with Gasteiger partial charge in [-0.05, 0) is 44.1 Å². The van der Waals surface area contributed by atoms with Gasteiger partial charge in [0.05, 0.1) is 37.7 Å². The summed E-state index contributed by atoms with van der Waals surface area (Å²) in [6.45, 7) is 9.00. The first-order valence-corrected chi connectivity index (χ1v) is 13.2. The molecule has 0 aliphatic carbocycles. The van der Waals surface area contributed by atoms with Gasteiger partial charge in [-0.1, -0.05) is 42.5 Å². The van der Waals surface area contributed by atoms with Crippen LogP contribution in [0.2, 0.25) is 0 Å². The molecule has 1 aliphatic rings. The van der Waals surface area contributed by atoms with Crippen molar-refractivity contribution in [3.8, 4) is 0 Å². The van der Waals surface area contributed by atoms with Gasteiger partial charge in [0, 0.05) is 19.5 Å². The van der Waals surface area contributed by atoms with Crippen LogP contribution in [0, 0.1) is 11.8 Å². The van der Waals surface area contributed by atoms with E-state index in [0.29, 0.717) is 39.0 Å². The molecule has 1 saturated heterocycles. The van der Waals surface area contributed by atoms with Gasteiger partial charge in [0.2, 0.25) is 11.8 Å². The molecule has 3 atom stereocenters. The summed E-state index contributed by atoms with van der Waals surface area (Å²) < 4.78 is 10.9. The number of carbonyl (C=O) groups excluding carboxylic acids is 3. The third-order valence-corrected chi connectivity index (χ3v) is 6.49. The Hall–Kier alpha value is -2.97. The van der Waals surface area contributed by atoms with Gasteiger partial charge in [0.25, 0.3) is 0 Å². The SMILES string of the molecule is C=CCCC(Cc1ccccc1)C(=O)OCC1CCCN1C(=O)C(CC=C)CC(=O)NCCOCCO. The minimum Gasteiger partial charge on any atom is -0.463 e. The van der Waals surface area contributed by atoms with Gasteiger partial charge in [-0.25, -0.2) is 0 Å². The lowest BCUT2D eigenvalue weighted by Crippen LogP contribution is -2.43. The average Bonchev–Trinajstić information content (AvgIpc) is 3.38. The van der Waals surface area contributed by atoms with Crippen molar-refractivity contribution in [2.24, 2.45) is 11.8 Å². The van der Waals surface area contributed by atoms with Crippen molar-refractivity contribution in [3.63, 3.8) is 0 Å². The Bertz CT molecular complexity index is 859. The van der Waals surface area contributed by atoms with Crippen LogP contribution in [0.1, 0.15) is 44.1 Å². The molecule has 0 saturated carbocycles. The van der Waals surface area contributed by atoms with Crippen molar-refractivity contribution in [2.75, 3.05) is 39.5 Å². The summed E-state index contributed by atoms with van der Waals surface area (Å²) in [6, 6.07) is 9.67. The Morgan fingerprint density at radius 1 is 1.14 bits per heavy atom. The molecule has 2 N–H and O–H groups in total. The van der Waals surface area contributed by atoms with Crippen LogP contribution in [0.15, 0.2) is 55.6 Å². The summed E-state index contributed by atoms with van der Waals surface area (Å²) in [7, 11) is 0. The molecule has 1 fully saturated rings. The number of nitrogens with zero attached hydrogens (tertiary/aromatic N) is 1. The molecule has 1 aromatic rings. The van der Waals surface area contributed by atoms with E-state index in [1.54, 1.807) is 17.1 Å². The lowest BCUT2D eigenvalue weighted by molar-refractivity contribution is -0.152. The van der Waals surface area contributed by atoms with Crippen LogP contribution in [-0.4, -0.2) is 73.3 Å². The highest BCUT2D eigenvalue weighted by Gasteiger charge is 2.34. The maximum absolute atomic E-state index is 13.4. The van der Waals surface area contributed by atoms with E-state index < -0.39 is 5.92 Å². The number of aliphatic hydroxyl groups is 1. The number of ether oxygens (including phenoxy) is 2. The Kier molecular flexibility index (Phi) is 14.3. The molecule has 37 heavy (non-hydrogen) atoms. The lowest BCUT2D eigenvalue weighted by Gasteiger charge is -2.28. The molecule has 2 rings (SSSR count). The second kappa shape index (κ2) is 17.5. The molecule has 1 aromatic carbocycles. The summed E-state index contributed by atoms with van der Waals surface area (Å²) in [6.07, 6.45) is 7.45. The van der Waals surface area contributed by atoms with E-state index in [2.05, 4.69) is 18.5 Å². The predicted octanol–water partition coefficient (Wildman–Crippen LogP) is 3.05. The Balaban J connectivity index is 1.92. The maximum Gasteiger partial charge on any atom is 0.309 e. The van der Waals surface area contributed by atoms with Crippen LogP contribution in [-0.2, 0) is 30.3 Å².